The molecular formula is C21H19ClFN3O2. The first-order valence-corrected chi connectivity index (χ1v) is 9.38. The van der Waals surface area contributed by atoms with Gasteiger partial charge in [0, 0.05) is 23.7 Å². The minimum atomic E-state index is -0.710. The Hall–Kier alpha value is -2.70. The quantitative estimate of drug-likeness (QED) is 0.564. The Kier molecular flexibility index (Phi) is 5.15. The number of carbonyl (C=O) groups is 1. The number of imidazole rings is 1. The molecule has 0 radical (unpaired) electrons. The van der Waals surface area contributed by atoms with E-state index in [1.54, 1.807) is 12.1 Å². The van der Waals surface area contributed by atoms with Crippen LogP contribution in [0.25, 0.3) is 11.3 Å². The van der Waals surface area contributed by atoms with Gasteiger partial charge in [0.05, 0.1) is 24.0 Å². The monoisotopic (exact) mass is 399 g/mol. The van der Waals surface area contributed by atoms with E-state index >= 15 is 0 Å². The van der Waals surface area contributed by atoms with Crippen LogP contribution in [-0.2, 0) is 13.6 Å². The SMILES string of the molecule is Cn1c(-c2ccc(Oc3cc(Cl)cc(F)c3C=O)cc2)cnc1CN1CCC1. The predicted octanol–water partition coefficient (Wildman–Crippen LogP) is 4.69. The van der Waals surface area contributed by atoms with Crippen molar-refractivity contribution in [2.75, 3.05) is 13.1 Å². The Morgan fingerprint density at radius 1 is 1.25 bits per heavy atom. The molecule has 28 heavy (non-hydrogen) atoms. The summed E-state index contributed by atoms with van der Waals surface area (Å²) in [6.07, 6.45) is 3.54. The van der Waals surface area contributed by atoms with E-state index in [0.717, 1.165) is 42.8 Å². The van der Waals surface area contributed by atoms with Gasteiger partial charge in [-0.05, 0) is 49.8 Å². The lowest BCUT2D eigenvalue weighted by Gasteiger charge is -2.30. The average molecular weight is 400 g/mol. The molecule has 1 aliphatic rings. The van der Waals surface area contributed by atoms with Crippen LogP contribution in [0.1, 0.15) is 22.6 Å². The number of ether oxygens (including phenoxy) is 1. The second-order valence-electron chi connectivity index (χ2n) is 6.79. The van der Waals surface area contributed by atoms with Gasteiger partial charge in [0.2, 0.25) is 0 Å². The van der Waals surface area contributed by atoms with Crippen molar-refractivity contribution in [1.82, 2.24) is 14.5 Å². The highest BCUT2D eigenvalue weighted by molar-refractivity contribution is 6.30. The highest BCUT2D eigenvalue weighted by atomic mass is 35.5. The molecule has 1 aromatic heterocycles. The van der Waals surface area contributed by atoms with E-state index in [9.17, 15) is 9.18 Å². The predicted molar refractivity (Wildman–Crippen MR) is 105 cm³/mol. The number of benzene rings is 2. The van der Waals surface area contributed by atoms with E-state index in [-0.39, 0.29) is 16.3 Å². The molecule has 1 aliphatic heterocycles. The maximum absolute atomic E-state index is 13.9. The van der Waals surface area contributed by atoms with Crippen LogP contribution in [0, 0.1) is 5.82 Å². The summed E-state index contributed by atoms with van der Waals surface area (Å²) in [6, 6.07) is 9.85. The molecule has 0 bridgehead atoms. The van der Waals surface area contributed by atoms with Gasteiger partial charge in [-0.3, -0.25) is 9.69 Å². The molecule has 0 atom stereocenters. The molecule has 2 heterocycles. The van der Waals surface area contributed by atoms with Gasteiger partial charge in [0.25, 0.3) is 0 Å². The third kappa shape index (κ3) is 3.66. The van der Waals surface area contributed by atoms with E-state index in [1.807, 2.05) is 25.4 Å². The molecule has 1 saturated heterocycles. The van der Waals surface area contributed by atoms with E-state index in [0.29, 0.717) is 12.0 Å². The molecule has 7 heteroatoms. The van der Waals surface area contributed by atoms with Crippen LogP contribution in [0.5, 0.6) is 11.5 Å². The molecule has 2 aromatic carbocycles. The summed E-state index contributed by atoms with van der Waals surface area (Å²) in [6.45, 7) is 3.11. The van der Waals surface area contributed by atoms with Crippen LogP contribution in [0.15, 0.2) is 42.6 Å². The first kappa shape index (κ1) is 18.7. The molecule has 144 valence electrons. The standard InChI is InChI=1S/C21H19ClFN3O2/c1-25-19(11-24-21(25)12-26-7-2-8-26)14-3-5-16(6-4-14)28-20-10-15(22)9-18(23)17(20)13-27/h3-6,9-11,13H,2,7-8,12H2,1H3. The molecule has 0 amide bonds. The molecule has 0 spiro atoms. The van der Waals surface area contributed by atoms with Crippen LogP contribution in [0.4, 0.5) is 4.39 Å². The van der Waals surface area contributed by atoms with Crippen molar-refractivity contribution >= 4 is 17.9 Å². The largest absolute Gasteiger partial charge is 0.456 e. The number of rotatable bonds is 6. The van der Waals surface area contributed by atoms with E-state index in [2.05, 4.69) is 14.5 Å². The zero-order chi connectivity index (χ0) is 19.7. The Morgan fingerprint density at radius 2 is 2.00 bits per heavy atom. The van der Waals surface area contributed by atoms with Crippen molar-refractivity contribution in [3.8, 4) is 22.8 Å². The fraction of sp³-hybridized carbons (Fsp3) is 0.238. The molecule has 1 fully saturated rings. The minimum Gasteiger partial charge on any atom is -0.456 e. The van der Waals surface area contributed by atoms with E-state index < -0.39 is 5.82 Å². The smallest absolute Gasteiger partial charge is 0.156 e. The number of aromatic nitrogens is 2. The summed E-state index contributed by atoms with van der Waals surface area (Å²) in [7, 11) is 2.01. The van der Waals surface area contributed by atoms with Crippen molar-refractivity contribution in [2.24, 2.45) is 7.05 Å². The van der Waals surface area contributed by atoms with Crippen LogP contribution in [0.2, 0.25) is 5.02 Å². The number of hydrogen-bond donors (Lipinski definition) is 0. The second kappa shape index (κ2) is 7.73. The number of likely N-dealkylation sites (tertiary alicyclic amines) is 1. The summed E-state index contributed by atoms with van der Waals surface area (Å²) in [5.74, 6) is 0.889. The van der Waals surface area contributed by atoms with Crippen molar-refractivity contribution in [1.29, 1.82) is 0 Å². The highest BCUT2D eigenvalue weighted by Gasteiger charge is 2.18. The molecule has 4 rings (SSSR count). The van der Waals surface area contributed by atoms with Gasteiger partial charge in [-0.15, -0.1) is 0 Å². The number of halogens is 2. The molecule has 3 aromatic rings. The lowest BCUT2D eigenvalue weighted by Crippen LogP contribution is -2.37. The molecule has 0 unspecified atom stereocenters. The maximum Gasteiger partial charge on any atom is 0.156 e. The molecule has 0 N–H and O–H groups in total. The first-order valence-electron chi connectivity index (χ1n) is 9.00. The summed E-state index contributed by atoms with van der Waals surface area (Å²) >= 11 is 5.87. The number of hydrogen-bond acceptors (Lipinski definition) is 4. The van der Waals surface area contributed by atoms with Crippen LogP contribution < -0.4 is 4.74 Å². The molecule has 5 nitrogen and oxygen atoms in total. The normalized spacial score (nSPS) is 14.0. The van der Waals surface area contributed by atoms with Gasteiger partial charge in [0.15, 0.2) is 6.29 Å². The molecular weight excluding hydrogens is 381 g/mol. The zero-order valence-electron chi connectivity index (χ0n) is 15.4. The first-order chi connectivity index (χ1) is 13.5. The summed E-state index contributed by atoms with van der Waals surface area (Å²) in [4.78, 5) is 18.1. The van der Waals surface area contributed by atoms with Gasteiger partial charge in [-0.25, -0.2) is 9.37 Å². The van der Waals surface area contributed by atoms with Gasteiger partial charge in [-0.1, -0.05) is 11.6 Å². The van der Waals surface area contributed by atoms with Crippen molar-refractivity contribution in [3.63, 3.8) is 0 Å². The second-order valence-corrected chi connectivity index (χ2v) is 7.23. The lowest BCUT2D eigenvalue weighted by atomic mass is 10.1. The van der Waals surface area contributed by atoms with Gasteiger partial charge in [0.1, 0.15) is 23.1 Å². The van der Waals surface area contributed by atoms with Gasteiger partial charge in [-0.2, -0.15) is 0 Å². The van der Waals surface area contributed by atoms with Crippen LogP contribution in [0.3, 0.4) is 0 Å². The molecule has 0 aliphatic carbocycles. The summed E-state index contributed by atoms with van der Waals surface area (Å²) < 4.78 is 21.6. The highest BCUT2D eigenvalue weighted by Crippen LogP contribution is 2.31. The minimum absolute atomic E-state index is 0.0881. The zero-order valence-corrected chi connectivity index (χ0v) is 16.1. The summed E-state index contributed by atoms with van der Waals surface area (Å²) in [5.41, 5.74) is 1.84. The maximum atomic E-state index is 13.9. The Balaban J connectivity index is 1.54. The third-order valence-corrected chi connectivity index (χ3v) is 5.17. The van der Waals surface area contributed by atoms with E-state index in [1.165, 1.54) is 12.5 Å². The molecule has 0 saturated carbocycles. The van der Waals surface area contributed by atoms with Crippen molar-refractivity contribution < 1.29 is 13.9 Å². The van der Waals surface area contributed by atoms with Crippen LogP contribution >= 0.6 is 11.6 Å². The Morgan fingerprint density at radius 3 is 2.64 bits per heavy atom. The van der Waals surface area contributed by atoms with Crippen molar-refractivity contribution in [3.05, 3.63) is 64.8 Å². The number of aldehydes is 1. The summed E-state index contributed by atoms with van der Waals surface area (Å²) in [5, 5.41) is 0.166. The fourth-order valence-corrected chi connectivity index (χ4v) is 3.38. The third-order valence-electron chi connectivity index (χ3n) is 4.95. The lowest BCUT2D eigenvalue weighted by molar-refractivity contribution is 0.111. The topological polar surface area (TPSA) is 47.4 Å². The average Bonchev–Trinajstić information content (AvgIpc) is 2.99. The number of nitrogens with zero attached hydrogens (tertiary/aromatic N) is 3. The number of carbonyl (C=O) groups excluding carboxylic acids is 1. The van der Waals surface area contributed by atoms with Gasteiger partial charge >= 0.3 is 0 Å². The van der Waals surface area contributed by atoms with E-state index in [4.69, 9.17) is 16.3 Å². The van der Waals surface area contributed by atoms with Crippen LogP contribution in [-0.4, -0.2) is 33.8 Å². The Labute approximate surface area is 167 Å². The van der Waals surface area contributed by atoms with Gasteiger partial charge < -0.3 is 9.30 Å². The Bertz CT molecular complexity index is 1010. The fourth-order valence-electron chi connectivity index (χ4n) is 3.18. The van der Waals surface area contributed by atoms with Crippen molar-refractivity contribution in [2.45, 2.75) is 13.0 Å².